The number of hydrogen-bond acceptors (Lipinski definition) is 9. The topological polar surface area (TPSA) is 192 Å². The minimum Gasteiger partial charge on any atom is -0.449 e. The summed E-state index contributed by atoms with van der Waals surface area (Å²) in [5.74, 6) is -1.75. The molecule has 1 aromatic heterocycles. The van der Waals surface area contributed by atoms with Crippen molar-refractivity contribution in [3.8, 4) is 11.1 Å². The number of piperidine rings is 1. The van der Waals surface area contributed by atoms with E-state index in [-0.39, 0.29) is 51.5 Å². The largest absolute Gasteiger partial charge is 0.449 e. The molecule has 1 spiro atoms. The van der Waals surface area contributed by atoms with E-state index in [0.717, 1.165) is 25.9 Å². The summed E-state index contributed by atoms with van der Waals surface area (Å²) in [6.45, 7) is 1.02. The van der Waals surface area contributed by atoms with Gasteiger partial charge >= 0.3 is 22.3 Å². The summed E-state index contributed by atoms with van der Waals surface area (Å²) in [5, 5.41) is 9.65. The Bertz CT molecular complexity index is 2000. The number of urea groups is 1. The zero-order valence-corrected chi connectivity index (χ0v) is 29.4. The van der Waals surface area contributed by atoms with Crippen molar-refractivity contribution in [1.29, 1.82) is 0 Å². The highest BCUT2D eigenvalue weighted by molar-refractivity contribution is 7.87. The summed E-state index contributed by atoms with van der Waals surface area (Å²) in [4.78, 5) is 67.4. The van der Waals surface area contributed by atoms with Crippen molar-refractivity contribution in [2.75, 3.05) is 33.3 Å². The van der Waals surface area contributed by atoms with E-state index in [4.69, 9.17) is 4.74 Å². The van der Waals surface area contributed by atoms with E-state index in [1.807, 2.05) is 16.9 Å². The number of imide groups is 1. The number of amides is 6. The average molecular weight is 739 g/mol. The molecule has 2 saturated heterocycles. The molecule has 3 heterocycles. The molecule has 3 aromatic rings. The number of ether oxygens (including phenoxy) is 1. The van der Waals surface area contributed by atoms with Gasteiger partial charge in [-0.1, -0.05) is 30.3 Å². The van der Waals surface area contributed by atoms with Crippen LogP contribution in [0.25, 0.3) is 11.1 Å². The van der Waals surface area contributed by atoms with E-state index >= 15 is 0 Å². The monoisotopic (exact) mass is 738 g/mol. The number of aromatic nitrogens is 2. The summed E-state index contributed by atoms with van der Waals surface area (Å²) < 4.78 is 48.4. The second-order valence-corrected chi connectivity index (χ2v) is 14.5. The Balaban J connectivity index is 1.17. The van der Waals surface area contributed by atoms with Crippen LogP contribution in [-0.4, -0.2) is 101 Å². The molecule has 52 heavy (non-hydrogen) atoms. The molecule has 3 aliphatic rings. The van der Waals surface area contributed by atoms with E-state index in [9.17, 15) is 36.8 Å². The number of nitrogens with zero attached hydrogens (tertiary/aromatic N) is 5. The number of hydrogen-bond donors (Lipinski definition) is 3. The Morgan fingerprint density at radius 3 is 2.50 bits per heavy atom. The van der Waals surface area contributed by atoms with Crippen molar-refractivity contribution < 1.29 is 41.5 Å². The molecule has 3 N–H and O–H groups in total. The minimum atomic E-state index is -4.19. The summed E-state index contributed by atoms with van der Waals surface area (Å²) in [7, 11) is -2.65. The first-order chi connectivity index (χ1) is 24.8. The summed E-state index contributed by atoms with van der Waals surface area (Å²) >= 11 is 0. The fourth-order valence-corrected chi connectivity index (χ4v) is 8.05. The molecule has 0 saturated carbocycles. The molecule has 2 aromatic carbocycles. The van der Waals surface area contributed by atoms with Gasteiger partial charge in [0, 0.05) is 44.5 Å². The molecular formula is C34H39FN8O8S. The first kappa shape index (κ1) is 36.4. The van der Waals surface area contributed by atoms with Crippen LogP contribution >= 0.6 is 0 Å². The highest BCUT2D eigenvalue weighted by atomic mass is 32.2. The maximum absolute atomic E-state index is 14.1. The quantitative estimate of drug-likeness (QED) is 0.245. The zero-order chi connectivity index (χ0) is 37.2. The maximum Gasteiger partial charge on any atom is 0.421 e. The van der Waals surface area contributed by atoms with Crippen molar-refractivity contribution >= 4 is 40.1 Å². The van der Waals surface area contributed by atoms with Crippen LogP contribution in [-0.2, 0) is 54.4 Å². The lowest BCUT2D eigenvalue weighted by atomic mass is 9.90. The second kappa shape index (κ2) is 14.7. The summed E-state index contributed by atoms with van der Waals surface area (Å²) in [6.07, 6.45) is 3.48. The fraction of sp³-hybridized carbons (Fsp3) is 0.412. The lowest BCUT2D eigenvalue weighted by Crippen LogP contribution is -2.53. The number of fused-ring (bicyclic) bond motifs is 2. The van der Waals surface area contributed by atoms with Crippen LogP contribution in [0, 0.1) is 5.82 Å². The Labute approximate surface area is 299 Å². The molecule has 0 bridgehead atoms. The molecule has 2 aliphatic heterocycles. The Kier molecular flexibility index (Phi) is 10.3. The zero-order valence-electron chi connectivity index (χ0n) is 28.6. The standard InChI is InChI=1S/C34H39FN8O8S/c1-3-51-33(48)39-52(49,50)41-14-11-27(12-15-41)42(18-22-4-7-26(35)8-5-22)30(45)21-43-31(46)34(38-32(43)47)13-10-24-16-23(6-9-28(24)34)25-17-37-40(19-25)20-29(44)36-2/h4-9,16-17,19,27H,3,10-15,18,20-21H2,1-2H3,(H,36,44)(H,38,47)(H,39,48). The van der Waals surface area contributed by atoms with Crippen molar-refractivity contribution in [1.82, 2.24) is 39.2 Å². The number of nitrogens with one attached hydrogen (secondary N) is 3. The van der Waals surface area contributed by atoms with Crippen LogP contribution in [0.5, 0.6) is 0 Å². The maximum atomic E-state index is 14.1. The Morgan fingerprint density at radius 1 is 1.08 bits per heavy atom. The molecule has 0 radical (unpaired) electrons. The van der Waals surface area contributed by atoms with Crippen LogP contribution in [0.2, 0.25) is 0 Å². The summed E-state index contributed by atoms with van der Waals surface area (Å²) in [6, 6.07) is 9.90. The van der Waals surface area contributed by atoms with Crippen molar-refractivity contribution in [3.05, 3.63) is 77.4 Å². The van der Waals surface area contributed by atoms with Gasteiger partial charge in [0.1, 0.15) is 24.4 Å². The van der Waals surface area contributed by atoms with Gasteiger partial charge in [-0.2, -0.15) is 17.8 Å². The van der Waals surface area contributed by atoms with E-state index in [1.54, 1.807) is 32.4 Å². The first-order valence-corrected chi connectivity index (χ1v) is 18.3. The highest BCUT2D eigenvalue weighted by Crippen LogP contribution is 2.43. The molecular weight excluding hydrogens is 699 g/mol. The number of carbonyl (C=O) groups is 5. The van der Waals surface area contributed by atoms with Crippen LogP contribution in [0.15, 0.2) is 54.9 Å². The molecule has 1 aliphatic carbocycles. The number of carbonyl (C=O) groups excluding carboxylic acids is 5. The van der Waals surface area contributed by atoms with Gasteiger partial charge in [-0.3, -0.25) is 24.0 Å². The van der Waals surface area contributed by atoms with Gasteiger partial charge in [-0.25, -0.2) is 18.7 Å². The molecule has 276 valence electrons. The normalized spacial score (nSPS) is 19.0. The van der Waals surface area contributed by atoms with Gasteiger partial charge in [-0.15, -0.1) is 0 Å². The molecule has 1 unspecified atom stereocenters. The Hall–Kier alpha value is -5.36. The number of benzene rings is 2. The molecule has 1 atom stereocenters. The van der Waals surface area contributed by atoms with Gasteiger partial charge < -0.3 is 20.3 Å². The third-order valence-corrected chi connectivity index (χ3v) is 11.1. The average Bonchev–Trinajstić information content (AvgIpc) is 3.80. The fourth-order valence-electron chi connectivity index (χ4n) is 6.96. The highest BCUT2D eigenvalue weighted by Gasteiger charge is 2.56. The number of likely N-dealkylation sites (N-methyl/N-ethyl adjacent to an activating group) is 1. The van der Waals surface area contributed by atoms with Gasteiger partial charge in [0.2, 0.25) is 11.8 Å². The SMILES string of the molecule is CCOC(=O)NS(=O)(=O)N1CCC(N(Cc2ccc(F)cc2)C(=O)CN2C(=O)NC3(CCc4cc(-c5cnn(CC(=O)NC)c5)ccc43)C2=O)CC1. The molecule has 18 heteroatoms. The molecule has 6 amide bonds. The second-order valence-electron chi connectivity index (χ2n) is 12.8. The first-order valence-electron chi connectivity index (χ1n) is 16.8. The predicted molar refractivity (Wildman–Crippen MR) is 183 cm³/mol. The van der Waals surface area contributed by atoms with Gasteiger partial charge in [-0.05, 0) is 67.0 Å². The minimum absolute atomic E-state index is 0.00833. The van der Waals surface area contributed by atoms with Crippen LogP contribution in [0.3, 0.4) is 0 Å². The van der Waals surface area contributed by atoms with Crippen molar-refractivity contribution in [3.63, 3.8) is 0 Å². The van der Waals surface area contributed by atoms with Crippen molar-refractivity contribution in [2.24, 2.45) is 0 Å². The van der Waals surface area contributed by atoms with Gasteiger partial charge in [0.15, 0.2) is 0 Å². The van der Waals surface area contributed by atoms with E-state index in [2.05, 4.69) is 15.7 Å². The van der Waals surface area contributed by atoms with Gasteiger partial charge in [0.05, 0.1) is 12.8 Å². The number of rotatable bonds is 11. The number of aryl methyl sites for hydroxylation is 1. The van der Waals surface area contributed by atoms with Crippen LogP contribution in [0.4, 0.5) is 14.0 Å². The predicted octanol–water partition coefficient (Wildman–Crippen LogP) is 1.61. The third kappa shape index (κ3) is 7.34. The van der Waals surface area contributed by atoms with Crippen molar-refractivity contribution in [2.45, 2.75) is 57.3 Å². The molecule has 6 rings (SSSR count). The van der Waals surface area contributed by atoms with E-state index in [1.165, 1.54) is 33.8 Å². The van der Waals surface area contributed by atoms with E-state index in [0.29, 0.717) is 24.0 Å². The van der Waals surface area contributed by atoms with Crippen LogP contribution < -0.4 is 15.4 Å². The molecule has 16 nitrogen and oxygen atoms in total. The molecule has 2 fully saturated rings. The number of halogens is 1. The lowest BCUT2D eigenvalue weighted by molar-refractivity contribution is -0.141. The smallest absolute Gasteiger partial charge is 0.421 e. The van der Waals surface area contributed by atoms with E-state index < -0.39 is 58.1 Å². The van der Waals surface area contributed by atoms with Gasteiger partial charge in [0.25, 0.3) is 5.91 Å². The Morgan fingerprint density at radius 2 is 1.81 bits per heavy atom. The lowest BCUT2D eigenvalue weighted by Gasteiger charge is -2.38. The third-order valence-electron chi connectivity index (χ3n) is 9.63. The van der Waals surface area contributed by atoms with Crippen LogP contribution in [0.1, 0.15) is 42.9 Å². The summed E-state index contributed by atoms with van der Waals surface area (Å²) in [5.41, 5.74) is 2.35.